The van der Waals surface area contributed by atoms with Crippen molar-refractivity contribution >= 4 is 5.97 Å². The molecule has 42 heavy (non-hydrogen) atoms. The Hall–Kier alpha value is -1.39. The van der Waals surface area contributed by atoms with Gasteiger partial charge in [-0.25, -0.2) is 0 Å². The first-order chi connectivity index (χ1) is 20.7. The van der Waals surface area contributed by atoms with Gasteiger partial charge in [0.1, 0.15) is 6.10 Å². The minimum Gasteiger partial charge on any atom is -0.457 e. The maximum Gasteiger partial charge on any atom is 0.306 e. The second kappa shape index (κ2) is 35.8. The predicted octanol–water partition coefficient (Wildman–Crippen LogP) is 11.4. The number of carbonyl (C=O) groups is 1. The number of aliphatic hydroxyl groups excluding tert-OH is 1. The van der Waals surface area contributed by atoms with Crippen LogP contribution in [0.5, 0.6) is 0 Å². The Labute approximate surface area is 261 Å². The second-order valence-electron chi connectivity index (χ2n) is 11.9. The van der Waals surface area contributed by atoms with Gasteiger partial charge in [-0.05, 0) is 70.6 Å². The number of aliphatic hydroxyl groups is 1. The van der Waals surface area contributed by atoms with E-state index in [4.69, 9.17) is 9.47 Å². The van der Waals surface area contributed by atoms with Gasteiger partial charge in [-0.1, -0.05) is 134 Å². The first-order valence-corrected chi connectivity index (χ1v) is 18.1. The van der Waals surface area contributed by atoms with Crippen LogP contribution in [0.15, 0.2) is 36.5 Å². The van der Waals surface area contributed by atoms with Gasteiger partial charge in [0.15, 0.2) is 0 Å². The van der Waals surface area contributed by atoms with Crippen molar-refractivity contribution in [3.05, 3.63) is 36.5 Å². The van der Waals surface area contributed by atoms with Gasteiger partial charge in [-0.2, -0.15) is 0 Å². The molecule has 4 nitrogen and oxygen atoms in total. The maximum absolute atomic E-state index is 12.1. The molecule has 1 atom stereocenters. The Morgan fingerprint density at radius 1 is 0.571 bits per heavy atom. The highest BCUT2D eigenvalue weighted by atomic mass is 16.6. The van der Waals surface area contributed by atoms with Crippen molar-refractivity contribution in [1.29, 1.82) is 0 Å². The Kier molecular flexibility index (Phi) is 34.6. The fraction of sp³-hybridized carbons (Fsp3) is 0.816. The van der Waals surface area contributed by atoms with Crippen LogP contribution in [-0.4, -0.2) is 37.0 Å². The van der Waals surface area contributed by atoms with Crippen LogP contribution in [0.25, 0.3) is 0 Å². The van der Waals surface area contributed by atoms with Gasteiger partial charge < -0.3 is 14.6 Å². The molecule has 0 aromatic carbocycles. The number of ether oxygens (including phenoxy) is 2. The highest BCUT2D eigenvalue weighted by Crippen LogP contribution is 2.11. The Morgan fingerprint density at radius 3 is 1.55 bits per heavy atom. The van der Waals surface area contributed by atoms with E-state index in [1.807, 2.05) is 0 Å². The lowest BCUT2D eigenvalue weighted by Gasteiger charge is -2.15. The molecule has 0 saturated heterocycles. The van der Waals surface area contributed by atoms with Crippen LogP contribution in [0.3, 0.4) is 0 Å². The minimum atomic E-state index is -0.541. The lowest BCUT2D eigenvalue weighted by molar-refractivity contribution is -0.154. The number of hydrogen-bond acceptors (Lipinski definition) is 4. The van der Waals surface area contributed by atoms with Gasteiger partial charge in [0.05, 0.1) is 13.2 Å². The number of rotatable bonds is 33. The first kappa shape index (κ1) is 40.6. The lowest BCUT2D eigenvalue weighted by atomic mass is 10.1. The smallest absolute Gasteiger partial charge is 0.306 e. The van der Waals surface area contributed by atoms with E-state index in [1.54, 1.807) is 0 Å². The zero-order valence-corrected chi connectivity index (χ0v) is 28.0. The van der Waals surface area contributed by atoms with E-state index in [-0.39, 0.29) is 19.2 Å². The predicted molar refractivity (Wildman–Crippen MR) is 182 cm³/mol. The van der Waals surface area contributed by atoms with Gasteiger partial charge in [-0.3, -0.25) is 4.79 Å². The van der Waals surface area contributed by atoms with Crippen LogP contribution in [-0.2, 0) is 14.3 Å². The highest BCUT2D eigenvalue weighted by Gasteiger charge is 2.13. The van der Waals surface area contributed by atoms with E-state index in [0.717, 1.165) is 32.1 Å². The average Bonchev–Trinajstić information content (AvgIpc) is 3.00. The van der Waals surface area contributed by atoms with Crippen LogP contribution >= 0.6 is 0 Å². The molecule has 0 aliphatic heterocycles. The van der Waals surface area contributed by atoms with Crippen molar-refractivity contribution in [2.75, 3.05) is 19.8 Å². The average molecular weight is 591 g/mol. The molecule has 0 amide bonds. The van der Waals surface area contributed by atoms with Crippen molar-refractivity contribution in [3.63, 3.8) is 0 Å². The number of allylic oxidation sites excluding steroid dienone is 6. The van der Waals surface area contributed by atoms with Crippen LogP contribution in [0, 0.1) is 0 Å². The number of hydrogen-bond donors (Lipinski definition) is 1. The third-order valence-corrected chi connectivity index (χ3v) is 7.69. The molecule has 4 heteroatoms. The molecule has 246 valence electrons. The Balaban J connectivity index is 3.48. The minimum absolute atomic E-state index is 0.179. The molecular weight excluding hydrogens is 520 g/mol. The van der Waals surface area contributed by atoms with E-state index >= 15 is 0 Å². The third-order valence-electron chi connectivity index (χ3n) is 7.69. The van der Waals surface area contributed by atoms with Gasteiger partial charge in [0, 0.05) is 13.0 Å². The van der Waals surface area contributed by atoms with E-state index < -0.39 is 6.10 Å². The summed E-state index contributed by atoms with van der Waals surface area (Å²) < 4.78 is 11.1. The van der Waals surface area contributed by atoms with Crippen LogP contribution in [0.4, 0.5) is 0 Å². The Morgan fingerprint density at radius 2 is 1.00 bits per heavy atom. The van der Waals surface area contributed by atoms with Gasteiger partial charge in [0.2, 0.25) is 0 Å². The number of carbonyl (C=O) groups excluding carboxylic acids is 1. The normalized spacial score (nSPS) is 12.7. The van der Waals surface area contributed by atoms with E-state index in [1.165, 1.54) is 122 Å². The van der Waals surface area contributed by atoms with Gasteiger partial charge in [0.25, 0.3) is 0 Å². The quantitative estimate of drug-likeness (QED) is 0.0469. The van der Waals surface area contributed by atoms with Crippen molar-refractivity contribution < 1.29 is 19.4 Å². The standard InChI is InChI=1S/C38H70O4/c1-3-5-7-9-11-13-15-17-19-20-22-24-26-28-30-32-34-41-36-37(35-39)42-38(40)33-31-29-27-25-23-21-18-16-14-12-10-8-6-4-2/h11,13,16-19,37,39H,3-10,12,14-15,20-36H2,1-2H3/b13-11-,18-16-,19-17-. The monoisotopic (exact) mass is 591 g/mol. The van der Waals surface area contributed by atoms with Gasteiger partial charge in [-0.15, -0.1) is 0 Å². The molecular formula is C38H70O4. The number of esters is 1. The molecule has 0 radical (unpaired) electrons. The number of unbranched alkanes of at least 4 members (excludes halogenated alkanes) is 19. The topological polar surface area (TPSA) is 55.8 Å². The summed E-state index contributed by atoms with van der Waals surface area (Å²) in [6.45, 7) is 5.28. The molecule has 0 aliphatic carbocycles. The lowest BCUT2D eigenvalue weighted by Crippen LogP contribution is -2.27. The fourth-order valence-corrected chi connectivity index (χ4v) is 4.94. The van der Waals surface area contributed by atoms with E-state index in [9.17, 15) is 9.90 Å². The maximum atomic E-state index is 12.1. The molecule has 1 N–H and O–H groups in total. The Bertz CT molecular complexity index is 625. The second-order valence-corrected chi connectivity index (χ2v) is 11.9. The van der Waals surface area contributed by atoms with Crippen LogP contribution in [0.1, 0.15) is 174 Å². The molecule has 0 fully saturated rings. The van der Waals surface area contributed by atoms with Gasteiger partial charge >= 0.3 is 5.97 Å². The summed E-state index contributed by atoms with van der Waals surface area (Å²) in [5, 5.41) is 9.54. The summed E-state index contributed by atoms with van der Waals surface area (Å²) in [6.07, 6.45) is 43.2. The third kappa shape index (κ3) is 33.1. The first-order valence-electron chi connectivity index (χ1n) is 18.1. The SMILES string of the molecule is CCCCC/C=C\C/C=C\CCCCCCCCOCC(CO)OC(=O)CCCCCCC/C=C\CCCCCCC. The zero-order valence-electron chi connectivity index (χ0n) is 28.0. The van der Waals surface area contributed by atoms with E-state index in [2.05, 4.69) is 50.3 Å². The summed E-state index contributed by atoms with van der Waals surface area (Å²) in [6, 6.07) is 0. The molecule has 0 rings (SSSR count). The van der Waals surface area contributed by atoms with E-state index in [0.29, 0.717) is 13.0 Å². The summed E-state index contributed by atoms with van der Waals surface area (Å²) in [5.74, 6) is -0.215. The molecule has 1 unspecified atom stereocenters. The largest absolute Gasteiger partial charge is 0.457 e. The molecule has 0 aromatic heterocycles. The van der Waals surface area contributed by atoms with Crippen molar-refractivity contribution in [3.8, 4) is 0 Å². The molecule has 0 heterocycles. The summed E-state index contributed by atoms with van der Waals surface area (Å²) in [5.41, 5.74) is 0. The molecule has 0 aliphatic rings. The fourth-order valence-electron chi connectivity index (χ4n) is 4.94. The van der Waals surface area contributed by atoms with Crippen molar-refractivity contribution in [2.24, 2.45) is 0 Å². The summed E-state index contributed by atoms with van der Waals surface area (Å²) in [7, 11) is 0. The summed E-state index contributed by atoms with van der Waals surface area (Å²) in [4.78, 5) is 12.1. The van der Waals surface area contributed by atoms with Crippen LogP contribution in [0.2, 0.25) is 0 Å². The van der Waals surface area contributed by atoms with Crippen LogP contribution < -0.4 is 0 Å². The zero-order chi connectivity index (χ0) is 30.6. The molecule has 0 bridgehead atoms. The molecule has 0 saturated carbocycles. The molecule has 0 aromatic rings. The summed E-state index contributed by atoms with van der Waals surface area (Å²) >= 11 is 0. The van der Waals surface area contributed by atoms with Crippen molar-refractivity contribution in [1.82, 2.24) is 0 Å². The molecule has 0 spiro atoms. The highest BCUT2D eigenvalue weighted by molar-refractivity contribution is 5.69. The van der Waals surface area contributed by atoms with Crippen molar-refractivity contribution in [2.45, 2.75) is 180 Å².